The highest BCUT2D eigenvalue weighted by atomic mass is 16.5. The first-order valence-electron chi connectivity index (χ1n) is 4.86. The van der Waals surface area contributed by atoms with Crippen molar-refractivity contribution in [3.05, 3.63) is 0 Å². The van der Waals surface area contributed by atoms with Crippen molar-refractivity contribution in [1.29, 1.82) is 0 Å². The summed E-state index contributed by atoms with van der Waals surface area (Å²) in [6.45, 7) is 5.15. The van der Waals surface area contributed by atoms with Gasteiger partial charge in [0, 0.05) is 13.1 Å². The molecule has 0 aromatic rings. The molecule has 1 amide bonds. The molecule has 0 saturated carbocycles. The van der Waals surface area contributed by atoms with Gasteiger partial charge >= 0.3 is 0 Å². The van der Waals surface area contributed by atoms with E-state index in [2.05, 4.69) is 11.8 Å². The number of carbonyl (C=O) groups is 1. The number of rotatable bonds is 4. The molecule has 4 nitrogen and oxygen atoms in total. The van der Waals surface area contributed by atoms with Gasteiger partial charge in [-0.2, -0.15) is 0 Å². The number of carbonyl (C=O) groups excluding carboxylic acids is 1. The Morgan fingerprint density at radius 2 is 2.15 bits per heavy atom. The van der Waals surface area contributed by atoms with E-state index in [1.807, 2.05) is 0 Å². The minimum Gasteiger partial charge on any atom is -0.379 e. The number of ether oxygens (including phenoxy) is 1. The van der Waals surface area contributed by atoms with Crippen LogP contribution in [0.3, 0.4) is 0 Å². The van der Waals surface area contributed by atoms with Gasteiger partial charge in [-0.15, -0.1) is 0 Å². The fourth-order valence-electron chi connectivity index (χ4n) is 1.67. The largest absolute Gasteiger partial charge is 0.379 e. The lowest BCUT2D eigenvalue weighted by Gasteiger charge is -2.32. The molecule has 1 aliphatic heterocycles. The molecule has 1 fully saturated rings. The van der Waals surface area contributed by atoms with Gasteiger partial charge in [0.1, 0.15) is 0 Å². The van der Waals surface area contributed by atoms with E-state index in [1.54, 1.807) is 0 Å². The van der Waals surface area contributed by atoms with Gasteiger partial charge in [-0.25, -0.2) is 0 Å². The monoisotopic (exact) mass is 186 g/mol. The van der Waals surface area contributed by atoms with Crippen molar-refractivity contribution in [1.82, 2.24) is 4.90 Å². The third-order valence-corrected chi connectivity index (χ3v) is 2.38. The van der Waals surface area contributed by atoms with Gasteiger partial charge in [0.05, 0.1) is 19.3 Å². The fraction of sp³-hybridized carbons (Fsp3) is 0.889. The van der Waals surface area contributed by atoms with E-state index in [1.165, 1.54) is 0 Å². The van der Waals surface area contributed by atoms with E-state index in [4.69, 9.17) is 10.5 Å². The maximum absolute atomic E-state index is 11.1. The molecule has 1 rings (SSSR count). The van der Waals surface area contributed by atoms with Crippen LogP contribution < -0.4 is 5.73 Å². The Bertz CT molecular complexity index is 167. The molecule has 0 bridgehead atoms. The molecule has 0 radical (unpaired) electrons. The van der Waals surface area contributed by atoms with Crippen molar-refractivity contribution >= 4 is 5.91 Å². The number of amides is 1. The van der Waals surface area contributed by atoms with Crippen LogP contribution in [0.25, 0.3) is 0 Å². The second kappa shape index (κ2) is 5.19. The van der Waals surface area contributed by atoms with E-state index < -0.39 is 0 Å². The number of hydrogen-bond acceptors (Lipinski definition) is 3. The molecule has 0 spiro atoms. The molecule has 0 aliphatic carbocycles. The van der Waals surface area contributed by atoms with Crippen LogP contribution in [0, 0.1) is 0 Å². The molecule has 1 unspecified atom stereocenters. The summed E-state index contributed by atoms with van der Waals surface area (Å²) in [4.78, 5) is 13.2. The zero-order chi connectivity index (χ0) is 9.68. The van der Waals surface area contributed by atoms with Crippen molar-refractivity contribution in [2.45, 2.75) is 25.8 Å². The lowest BCUT2D eigenvalue weighted by atomic mass is 10.1. The fourth-order valence-corrected chi connectivity index (χ4v) is 1.67. The van der Waals surface area contributed by atoms with Crippen LogP contribution in [0.5, 0.6) is 0 Å². The van der Waals surface area contributed by atoms with Gasteiger partial charge in [-0.1, -0.05) is 13.3 Å². The number of primary amides is 1. The zero-order valence-electron chi connectivity index (χ0n) is 8.16. The third-order valence-electron chi connectivity index (χ3n) is 2.38. The number of nitrogens with two attached hydrogens (primary N) is 1. The number of nitrogens with zero attached hydrogens (tertiary/aromatic N) is 1. The maximum Gasteiger partial charge on any atom is 0.234 e. The highest BCUT2D eigenvalue weighted by Crippen LogP contribution is 2.08. The first-order chi connectivity index (χ1) is 6.25. The minimum atomic E-state index is -0.205. The minimum absolute atomic E-state index is 0.0890. The Kier molecular flexibility index (Phi) is 4.18. The first-order valence-corrected chi connectivity index (χ1v) is 4.86. The summed E-state index contributed by atoms with van der Waals surface area (Å²) in [5.74, 6) is -0.205. The van der Waals surface area contributed by atoms with E-state index in [0.29, 0.717) is 13.2 Å². The van der Waals surface area contributed by atoms with Gasteiger partial charge in [0.15, 0.2) is 0 Å². The molecule has 1 atom stereocenters. The molecule has 1 heterocycles. The number of hydrogen-bond donors (Lipinski definition) is 1. The maximum atomic E-state index is 11.1. The van der Waals surface area contributed by atoms with Crippen LogP contribution >= 0.6 is 0 Å². The quantitative estimate of drug-likeness (QED) is 0.671. The molecular formula is C9H18N2O2. The standard InChI is InChI=1S/C9H18N2O2/c1-2-3-8(9(10)12)11-4-6-13-7-5-11/h8H,2-7H2,1H3,(H2,10,12). The van der Waals surface area contributed by atoms with Crippen molar-refractivity contribution in [2.24, 2.45) is 5.73 Å². The molecule has 13 heavy (non-hydrogen) atoms. The summed E-state index contributed by atoms with van der Waals surface area (Å²) >= 11 is 0. The summed E-state index contributed by atoms with van der Waals surface area (Å²) in [5.41, 5.74) is 5.33. The van der Waals surface area contributed by atoms with E-state index in [-0.39, 0.29) is 11.9 Å². The third kappa shape index (κ3) is 2.97. The Morgan fingerprint density at radius 3 is 2.62 bits per heavy atom. The molecule has 4 heteroatoms. The van der Waals surface area contributed by atoms with Gasteiger partial charge in [-0.05, 0) is 6.42 Å². The lowest BCUT2D eigenvalue weighted by Crippen LogP contribution is -2.49. The molecule has 1 aliphatic rings. The highest BCUT2D eigenvalue weighted by Gasteiger charge is 2.24. The number of morpholine rings is 1. The van der Waals surface area contributed by atoms with Gasteiger partial charge in [0.25, 0.3) is 0 Å². The van der Waals surface area contributed by atoms with Crippen LogP contribution in [-0.2, 0) is 9.53 Å². The van der Waals surface area contributed by atoms with Gasteiger partial charge < -0.3 is 10.5 Å². The van der Waals surface area contributed by atoms with Crippen molar-refractivity contribution in [2.75, 3.05) is 26.3 Å². The van der Waals surface area contributed by atoms with Crippen molar-refractivity contribution in [3.8, 4) is 0 Å². The summed E-state index contributed by atoms with van der Waals surface area (Å²) in [6.07, 6.45) is 1.85. The molecule has 76 valence electrons. The average molecular weight is 186 g/mol. The first kappa shape index (κ1) is 10.5. The summed E-state index contributed by atoms with van der Waals surface area (Å²) in [5, 5.41) is 0. The van der Waals surface area contributed by atoms with Gasteiger partial charge in [-0.3, -0.25) is 9.69 Å². The lowest BCUT2D eigenvalue weighted by molar-refractivity contribution is -0.125. The highest BCUT2D eigenvalue weighted by molar-refractivity contribution is 5.79. The smallest absolute Gasteiger partial charge is 0.234 e. The molecule has 0 aromatic heterocycles. The van der Waals surface area contributed by atoms with Gasteiger partial charge in [0.2, 0.25) is 5.91 Å². The summed E-state index contributed by atoms with van der Waals surface area (Å²) in [6, 6.07) is -0.0890. The van der Waals surface area contributed by atoms with Crippen molar-refractivity contribution in [3.63, 3.8) is 0 Å². The predicted molar refractivity (Wildman–Crippen MR) is 50.3 cm³/mol. The Hall–Kier alpha value is -0.610. The SMILES string of the molecule is CCCC(C(N)=O)N1CCOCC1. The van der Waals surface area contributed by atoms with E-state index in [9.17, 15) is 4.79 Å². The average Bonchev–Trinajstić information content (AvgIpc) is 2.15. The Labute approximate surface area is 79.0 Å². The molecular weight excluding hydrogens is 168 g/mol. The Morgan fingerprint density at radius 1 is 1.54 bits per heavy atom. The van der Waals surface area contributed by atoms with Crippen LogP contribution in [-0.4, -0.2) is 43.2 Å². The van der Waals surface area contributed by atoms with E-state index >= 15 is 0 Å². The van der Waals surface area contributed by atoms with Crippen LogP contribution in [0.1, 0.15) is 19.8 Å². The topological polar surface area (TPSA) is 55.6 Å². The molecule has 0 aromatic carbocycles. The molecule has 2 N–H and O–H groups in total. The van der Waals surface area contributed by atoms with E-state index in [0.717, 1.165) is 25.9 Å². The summed E-state index contributed by atoms with van der Waals surface area (Å²) in [7, 11) is 0. The zero-order valence-corrected chi connectivity index (χ0v) is 8.16. The van der Waals surface area contributed by atoms with Crippen LogP contribution in [0.4, 0.5) is 0 Å². The van der Waals surface area contributed by atoms with Crippen molar-refractivity contribution < 1.29 is 9.53 Å². The predicted octanol–water partition coefficient (Wildman–Crippen LogP) is -0.0274. The van der Waals surface area contributed by atoms with Crippen LogP contribution in [0.2, 0.25) is 0 Å². The summed E-state index contributed by atoms with van der Waals surface area (Å²) < 4.78 is 5.21. The normalized spacial score (nSPS) is 21.3. The second-order valence-electron chi connectivity index (χ2n) is 3.36. The van der Waals surface area contributed by atoms with Crippen LogP contribution in [0.15, 0.2) is 0 Å². The molecule has 1 saturated heterocycles. The Balaban J connectivity index is 2.46. The second-order valence-corrected chi connectivity index (χ2v) is 3.36.